The zero-order chi connectivity index (χ0) is 12.3. The molecule has 1 heterocycles. The fourth-order valence-corrected chi connectivity index (χ4v) is 2.37. The predicted octanol–water partition coefficient (Wildman–Crippen LogP) is 2.84. The van der Waals surface area contributed by atoms with Crippen LogP contribution in [0.2, 0.25) is 0 Å². The Bertz CT molecular complexity index is 402. The van der Waals surface area contributed by atoms with Crippen molar-refractivity contribution in [3.8, 4) is 5.75 Å². The maximum absolute atomic E-state index is 12.0. The molecule has 1 saturated heterocycles. The van der Waals surface area contributed by atoms with Crippen LogP contribution >= 0.6 is 15.9 Å². The van der Waals surface area contributed by atoms with Gasteiger partial charge in [0.05, 0.1) is 0 Å². The minimum Gasteiger partial charge on any atom is -0.481 e. The van der Waals surface area contributed by atoms with E-state index in [0.717, 1.165) is 36.2 Å². The van der Waals surface area contributed by atoms with Crippen molar-refractivity contribution < 1.29 is 9.53 Å². The van der Waals surface area contributed by atoms with Crippen molar-refractivity contribution in [1.29, 1.82) is 0 Å². The number of nitrogens with zero attached hydrogens (tertiary/aromatic N) is 1. The third-order valence-corrected chi connectivity index (χ3v) is 3.37. The van der Waals surface area contributed by atoms with E-state index in [0.29, 0.717) is 0 Å². The Kier molecular flexibility index (Phi) is 4.05. The highest BCUT2D eigenvalue weighted by Gasteiger charge is 2.24. The smallest absolute Gasteiger partial charge is 0.263 e. The maximum atomic E-state index is 12.0. The minimum atomic E-state index is -0.414. The van der Waals surface area contributed by atoms with E-state index in [1.807, 2.05) is 36.1 Å². The number of halogens is 1. The van der Waals surface area contributed by atoms with Crippen LogP contribution in [0.1, 0.15) is 19.8 Å². The number of benzene rings is 1. The molecule has 0 unspecified atom stereocenters. The van der Waals surface area contributed by atoms with Gasteiger partial charge in [0, 0.05) is 17.6 Å². The standard InChI is InChI=1S/C13H16BrNO2/c1-10(13(16)15-7-2-3-8-15)17-12-6-4-5-11(14)9-12/h4-6,9-10H,2-3,7-8H2,1H3/t10-/m0/s1. The summed E-state index contributed by atoms with van der Waals surface area (Å²) in [4.78, 5) is 13.9. The molecule has 1 aliphatic rings. The topological polar surface area (TPSA) is 29.5 Å². The molecule has 1 amide bonds. The van der Waals surface area contributed by atoms with Gasteiger partial charge in [-0.25, -0.2) is 0 Å². The second-order valence-electron chi connectivity index (χ2n) is 4.25. The van der Waals surface area contributed by atoms with E-state index >= 15 is 0 Å². The molecule has 0 N–H and O–H groups in total. The predicted molar refractivity (Wildman–Crippen MR) is 70.0 cm³/mol. The molecule has 0 aromatic heterocycles. The fourth-order valence-electron chi connectivity index (χ4n) is 1.99. The molecule has 92 valence electrons. The van der Waals surface area contributed by atoms with Crippen LogP contribution in [-0.4, -0.2) is 30.0 Å². The number of carbonyl (C=O) groups excluding carboxylic acids is 1. The molecule has 2 rings (SSSR count). The Balaban J connectivity index is 1.96. The van der Waals surface area contributed by atoms with E-state index in [9.17, 15) is 4.79 Å². The molecule has 1 aromatic carbocycles. The van der Waals surface area contributed by atoms with Gasteiger partial charge in [0.2, 0.25) is 0 Å². The van der Waals surface area contributed by atoms with Crippen LogP contribution in [-0.2, 0) is 4.79 Å². The van der Waals surface area contributed by atoms with Gasteiger partial charge in [-0.15, -0.1) is 0 Å². The first-order valence-corrected chi connectivity index (χ1v) is 6.67. The molecule has 4 heteroatoms. The second kappa shape index (κ2) is 5.54. The zero-order valence-corrected chi connectivity index (χ0v) is 11.4. The third kappa shape index (κ3) is 3.22. The van der Waals surface area contributed by atoms with Gasteiger partial charge in [0.15, 0.2) is 6.10 Å². The minimum absolute atomic E-state index is 0.0856. The molecule has 3 nitrogen and oxygen atoms in total. The number of carbonyl (C=O) groups is 1. The Morgan fingerprint density at radius 1 is 1.41 bits per heavy atom. The second-order valence-corrected chi connectivity index (χ2v) is 5.17. The maximum Gasteiger partial charge on any atom is 0.263 e. The molecule has 1 aromatic rings. The van der Waals surface area contributed by atoms with Crippen LogP contribution in [0.4, 0.5) is 0 Å². The highest BCUT2D eigenvalue weighted by atomic mass is 79.9. The number of amides is 1. The summed E-state index contributed by atoms with van der Waals surface area (Å²) in [5.74, 6) is 0.807. The van der Waals surface area contributed by atoms with Crippen LogP contribution in [0, 0.1) is 0 Å². The summed E-state index contributed by atoms with van der Waals surface area (Å²) < 4.78 is 6.60. The Hall–Kier alpha value is -1.03. The normalized spacial score (nSPS) is 16.9. The lowest BCUT2D eigenvalue weighted by atomic mass is 10.3. The van der Waals surface area contributed by atoms with Gasteiger partial charge >= 0.3 is 0 Å². The Labute approximate surface area is 110 Å². The summed E-state index contributed by atoms with van der Waals surface area (Å²) in [5, 5.41) is 0. The molecule has 1 aliphatic heterocycles. The van der Waals surface area contributed by atoms with Crippen LogP contribution in [0.15, 0.2) is 28.7 Å². The van der Waals surface area contributed by atoms with E-state index in [1.54, 1.807) is 0 Å². The van der Waals surface area contributed by atoms with Crippen LogP contribution in [0.5, 0.6) is 5.75 Å². The highest BCUT2D eigenvalue weighted by Crippen LogP contribution is 2.20. The average molecular weight is 298 g/mol. The van der Waals surface area contributed by atoms with E-state index in [-0.39, 0.29) is 5.91 Å². The monoisotopic (exact) mass is 297 g/mol. The molecule has 0 bridgehead atoms. The van der Waals surface area contributed by atoms with Gasteiger partial charge in [-0.3, -0.25) is 4.79 Å². The molecular formula is C13H16BrNO2. The van der Waals surface area contributed by atoms with Gasteiger partial charge in [0.1, 0.15) is 5.75 Å². The van der Waals surface area contributed by atoms with Crippen LogP contribution in [0.3, 0.4) is 0 Å². The van der Waals surface area contributed by atoms with Gasteiger partial charge < -0.3 is 9.64 Å². The van der Waals surface area contributed by atoms with Crippen LogP contribution < -0.4 is 4.74 Å². The number of hydrogen-bond donors (Lipinski definition) is 0. The van der Waals surface area contributed by atoms with Gasteiger partial charge in [0.25, 0.3) is 5.91 Å². The molecular weight excluding hydrogens is 282 g/mol. The Morgan fingerprint density at radius 3 is 2.76 bits per heavy atom. The van der Waals surface area contributed by atoms with Gasteiger partial charge in [-0.05, 0) is 38.0 Å². The summed E-state index contributed by atoms with van der Waals surface area (Å²) in [6.45, 7) is 3.54. The number of rotatable bonds is 3. The molecule has 0 saturated carbocycles. The number of ether oxygens (including phenoxy) is 1. The van der Waals surface area contributed by atoms with Crippen molar-refractivity contribution in [3.05, 3.63) is 28.7 Å². The first kappa shape index (κ1) is 12.4. The van der Waals surface area contributed by atoms with Crippen molar-refractivity contribution in [2.24, 2.45) is 0 Å². The van der Waals surface area contributed by atoms with Gasteiger partial charge in [-0.2, -0.15) is 0 Å². The molecule has 17 heavy (non-hydrogen) atoms. The summed E-state index contributed by atoms with van der Waals surface area (Å²) in [6, 6.07) is 7.55. The van der Waals surface area contributed by atoms with Crippen molar-refractivity contribution >= 4 is 21.8 Å². The first-order chi connectivity index (χ1) is 8.16. The lowest BCUT2D eigenvalue weighted by Crippen LogP contribution is -2.38. The van der Waals surface area contributed by atoms with Crippen LogP contribution in [0.25, 0.3) is 0 Å². The Morgan fingerprint density at radius 2 is 2.12 bits per heavy atom. The van der Waals surface area contributed by atoms with Crippen molar-refractivity contribution in [3.63, 3.8) is 0 Å². The van der Waals surface area contributed by atoms with Crippen molar-refractivity contribution in [1.82, 2.24) is 4.90 Å². The van der Waals surface area contributed by atoms with E-state index in [2.05, 4.69) is 15.9 Å². The number of hydrogen-bond acceptors (Lipinski definition) is 2. The summed E-state index contributed by atoms with van der Waals surface area (Å²) >= 11 is 3.38. The van der Waals surface area contributed by atoms with Crippen molar-refractivity contribution in [2.75, 3.05) is 13.1 Å². The summed E-state index contributed by atoms with van der Waals surface area (Å²) in [5.41, 5.74) is 0. The SMILES string of the molecule is C[C@H](Oc1cccc(Br)c1)C(=O)N1CCCC1. The molecule has 0 aliphatic carbocycles. The van der Waals surface area contributed by atoms with E-state index < -0.39 is 6.10 Å². The largest absolute Gasteiger partial charge is 0.481 e. The van der Waals surface area contributed by atoms with Crippen molar-refractivity contribution in [2.45, 2.75) is 25.9 Å². The quantitative estimate of drug-likeness (QED) is 0.859. The molecule has 0 radical (unpaired) electrons. The number of likely N-dealkylation sites (tertiary alicyclic amines) is 1. The van der Waals surface area contributed by atoms with Gasteiger partial charge in [-0.1, -0.05) is 22.0 Å². The highest BCUT2D eigenvalue weighted by molar-refractivity contribution is 9.10. The average Bonchev–Trinajstić information content (AvgIpc) is 2.81. The lowest BCUT2D eigenvalue weighted by molar-refractivity contribution is -0.136. The molecule has 0 spiro atoms. The summed E-state index contributed by atoms with van der Waals surface area (Å²) in [6.07, 6.45) is 1.80. The zero-order valence-electron chi connectivity index (χ0n) is 9.86. The summed E-state index contributed by atoms with van der Waals surface area (Å²) in [7, 11) is 0. The first-order valence-electron chi connectivity index (χ1n) is 5.88. The van der Waals surface area contributed by atoms with E-state index in [4.69, 9.17) is 4.74 Å². The molecule has 1 fully saturated rings. The third-order valence-electron chi connectivity index (χ3n) is 2.87. The lowest BCUT2D eigenvalue weighted by Gasteiger charge is -2.21. The van der Waals surface area contributed by atoms with E-state index in [1.165, 1.54) is 0 Å². The molecule has 1 atom stereocenters. The fraction of sp³-hybridized carbons (Fsp3) is 0.462.